The lowest BCUT2D eigenvalue weighted by molar-refractivity contribution is 0.628. The molecule has 5 heteroatoms. The van der Waals surface area contributed by atoms with Gasteiger partial charge in [0, 0.05) is 18.4 Å². The van der Waals surface area contributed by atoms with Gasteiger partial charge < -0.3 is 5.32 Å². The number of aryl methyl sites for hydroxylation is 2. The number of hydrogen-bond donors (Lipinski definition) is 1. The van der Waals surface area contributed by atoms with E-state index in [2.05, 4.69) is 22.3 Å². The summed E-state index contributed by atoms with van der Waals surface area (Å²) < 4.78 is 14.9. The normalized spacial score (nSPS) is 11.0. The number of anilines is 2. The van der Waals surface area contributed by atoms with E-state index >= 15 is 0 Å². The number of benzene rings is 1. The van der Waals surface area contributed by atoms with Crippen LogP contribution in [-0.4, -0.2) is 14.8 Å². The van der Waals surface area contributed by atoms with E-state index in [0.29, 0.717) is 0 Å². The van der Waals surface area contributed by atoms with Gasteiger partial charge >= 0.3 is 0 Å². The molecule has 1 aromatic carbocycles. The van der Waals surface area contributed by atoms with Gasteiger partial charge in [0.15, 0.2) is 5.65 Å². The molecule has 4 nitrogen and oxygen atoms in total. The van der Waals surface area contributed by atoms with Crippen LogP contribution >= 0.6 is 0 Å². The van der Waals surface area contributed by atoms with E-state index in [1.807, 2.05) is 17.7 Å². The molecular weight excluding hydrogens is 267 g/mol. The number of aromatic nitrogens is 3. The molecular formula is C16H17FN4. The van der Waals surface area contributed by atoms with Crippen LogP contribution in [0.25, 0.3) is 11.0 Å². The first-order valence-electron chi connectivity index (χ1n) is 7.10. The summed E-state index contributed by atoms with van der Waals surface area (Å²) in [5, 5.41) is 8.96. The first kappa shape index (κ1) is 13.5. The van der Waals surface area contributed by atoms with Gasteiger partial charge in [-0.25, -0.2) is 14.1 Å². The lowest BCUT2D eigenvalue weighted by Crippen LogP contribution is -1.98. The van der Waals surface area contributed by atoms with Gasteiger partial charge in [-0.1, -0.05) is 6.92 Å². The van der Waals surface area contributed by atoms with Gasteiger partial charge in [0.25, 0.3) is 0 Å². The summed E-state index contributed by atoms with van der Waals surface area (Å²) in [6, 6.07) is 8.25. The molecule has 0 spiro atoms. The van der Waals surface area contributed by atoms with Crippen molar-refractivity contribution in [3.8, 4) is 0 Å². The molecule has 0 unspecified atom stereocenters. The average molecular weight is 284 g/mol. The average Bonchev–Trinajstić information content (AvgIpc) is 2.88. The maximum Gasteiger partial charge on any atom is 0.160 e. The van der Waals surface area contributed by atoms with E-state index in [4.69, 9.17) is 0 Å². The number of hydrogen-bond acceptors (Lipinski definition) is 3. The molecule has 2 heterocycles. The third-order valence-electron chi connectivity index (χ3n) is 3.46. The fourth-order valence-electron chi connectivity index (χ4n) is 2.43. The number of rotatable bonds is 4. The van der Waals surface area contributed by atoms with Crippen molar-refractivity contribution in [1.29, 1.82) is 0 Å². The minimum absolute atomic E-state index is 0.242. The Morgan fingerprint density at radius 3 is 2.57 bits per heavy atom. The van der Waals surface area contributed by atoms with Crippen LogP contribution in [0.15, 0.2) is 36.5 Å². The van der Waals surface area contributed by atoms with Gasteiger partial charge in [0.2, 0.25) is 0 Å². The largest absolute Gasteiger partial charge is 0.355 e. The van der Waals surface area contributed by atoms with Crippen molar-refractivity contribution < 1.29 is 4.39 Å². The highest BCUT2D eigenvalue weighted by molar-refractivity contribution is 5.93. The zero-order valence-electron chi connectivity index (χ0n) is 12.1. The standard InChI is InChI=1S/C16H17FN4/c1-3-13-15-14(19-12-7-5-11(17)6-8-12)9-10-18-16(15)21(4-2)20-13/h5-10H,3-4H2,1-2H3,(H,18,19). The molecule has 3 aromatic rings. The monoisotopic (exact) mass is 284 g/mol. The highest BCUT2D eigenvalue weighted by atomic mass is 19.1. The van der Waals surface area contributed by atoms with Gasteiger partial charge in [0.05, 0.1) is 16.8 Å². The molecule has 21 heavy (non-hydrogen) atoms. The maximum absolute atomic E-state index is 13.0. The summed E-state index contributed by atoms with van der Waals surface area (Å²) in [5.74, 6) is -0.242. The number of halogens is 1. The summed E-state index contributed by atoms with van der Waals surface area (Å²) >= 11 is 0. The van der Waals surface area contributed by atoms with Gasteiger partial charge in [-0.3, -0.25) is 0 Å². The Bertz CT molecular complexity index is 762. The van der Waals surface area contributed by atoms with Crippen molar-refractivity contribution in [2.24, 2.45) is 0 Å². The lowest BCUT2D eigenvalue weighted by Gasteiger charge is -2.08. The van der Waals surface area contributed by atoms with Crippen molar-refractivity contribution in [1.82, 2.24) is 14.8 Å². The minimum Gasteiger partial charge on any atom is -0.355 e. The molecule has 0 radical (unpaired) electrons. The van der Waals surface area contributed by atoms with Crippen molar-refractivity contribution in [3.63, 3.8) is 0 Å². The van der Waals surface area contributed by atoms with E-state index < -0.39 is 0 Å². The Balaban J connectivity index is 2.09. The van der Waals surface area contributed by atoms with Crippen LogP contribution in [0.4, 0.5) is 15.8 Å². The third kappa shape index (κ3) is 2.46. The molecule has 0 fully saturated rings. The molecule has 0 atom stereocenters. The van der Waals surface area contributed by atoms with Crippen molar-refractivity contribution in [3.05, 3.63) is 48.0 Å². The van der Waals surface area contributed by atoms with Gasteiger partial charge in [-0.05, 0) is 43.7 Å². The molecule has 0 saturated heterocycles. The Kier molecular flexibility index (Phi) is 3.56. The topological polar surface area (TPSA) is 42.7 Å². The minimum atomic E-state index is -0.242. The Morgan fingerprint density at radius 1 is 1.14 bits per heavy atom. The van der Waals surface area contributed by atoms with Crippen LogP contribution in [0, 0.1) is 5.82 Å². The predicted octanol–water partition coefficient (Wildman–Crippen LogP) is 3.90. The maximum atomic E-state index is 13.0. The van der Waals surface area contributed by atoms with Crippen molar-refractivity contribution in [2.45, 2.75) is 26.8 Å². The molecule has 0 aliphatic carbocycles. The Hall–Kier alpha value is -2.43. The van der Waals surface area contributed by atoms with Gasteiger partial charge in [-0.2, -0.15) is 5.10 Å². The van der Waals surface area contributed by atoms with Crippen LogP contribution in [0.1, 0.15) is 19.5 Å². The fourth-order valence-corrected chi connectivity index (χ4v) is 2.43. The molecule has 1 N–H and O–H groups in total. The van der Waals surface area contributed by atoms with E-state index in [9.17, 15) is 4.39 Å². The van der Waals surface area contributed by atoms with Crippen LogP contribution in [0.5, 0.6) is 0 Å². The van der Waals surface area contributed by atoms with Gasteiger partial charge in [-0.15, -0.1) is 0 Å². The summed E-state index contributed by atoms with van der Waals surface area (Å²) in [6.45, 7) is 4.91. The number of nitrogens with zero attached hydrogens (tertiary/aromatic N) is 3. The molecule has 108 valence electrons. The van der Waals surface area contributed by atoms with E-state index in [0.717, 1.165) is 41.1 Å². The van der Waals surface area contributed by atoms with Crippen molar-refractivity contribution in [2.75, 3.05) is 5.32 Å². The first-order valence-corrected chi connectivity index (χ1v) is 7.10. The molecule has 3 rings (SSSR count). The summed E-state index contributed by atoms with van der Waals surface area (Å²) in [5.41, 5.74) is 3.68. The molecule has 0 saturated carbocycles. The molecule has 0 amide bonds. The van der Waals surface area contributed by atoms with E-state index in [-0.39, 0.29) is 5.82 Å². The molecule has 0 aliphatic heterocycles. The zero-order chi connectivity index (χ0) is 14.8. The zero-order valence-corrected chi connectivity index (χ0v) is 12.1. The molecule has 0 bridgehead atoms. The number of pyridine rings is 1. The van der Waals surface area contributed by atoms with E-state index in [1.54, 1.807) is 18.3 Å². The first-order chi connectivity index (χ1) is 10.2. The Morgan fingerprint density at radius 2 is 1.90 bits per heavy atom. The Labute approximate surface area is 122 Å². The summed E-state index contributed by atoms with van der Waals surface area (Å²) in [4.78, 5) is 4.44. The second kappa shape index (κ2) is 5.52. The SMILES string of the molecule is CCc1nn(CC)c2nccc(Nc3ccc(F)cc3)c12. The van der Waals surface area contributed by atoms with Crippen LogP contribution < -0.4 is 5.32 Å². The molecule has 0 aliphatic rings. The highest BCUT2D eigenvalue weighted by Gasteiger charge is 2.13. The molecule has 2 aromatic heterocycles. The van der Waals surface area contributed by atoms with Crippen molar-refractivity contribution >= 4 is 22.4 Å². The van der Waals surface area contributed by atoms with E-state index in [1.165, 1.54) is 12.1 Å². The van der Waals surface area contributed by atoms with Gasteiger partial charge in [0.1, 0.15) is 5.82 Å². The third-order valence-corrected chi connectivity index (χ3v) is 3.46. The second-order valence-corrected chi connectivity index (χ2v) is 4.81. The smallest absolute Gasteiger partial charge is 0.160 e. The number of nitrogens with one attached hydrogen (secondary N) is 1. The summed E-state index contributed by atoms with van der Waals surface area (Å²) in [7, 11) is 0. The highest BCUT2D eigenvalue weighted by Crippen LogP contribution is 2.28. The predicted molar refractivity (Wildman–Crippen MR) is 82.3 cm³/mol. The van der Waals surface area contributed by atoms with Crippen LogP contribution in [-0.2, 0) is 13.0 Å². The second-order valence-electron chi connectivity index (χ2n) is 4.81. The lowest BCUT2D eigenvalue weighted by atomic mass is 10.2. The van der Waals surface area contributed by atoms with Crippen LogP contribution in [0.2, 0.25) is 0 Å². The fraction of sp³-hybridized carbons (Fsp3) is 0.250. The number of fused-ring (bicyclic) bond motifs is 1. The quantitative estimate of drug-likeness (QED) is 0.790. The summed E-state index contributed by atoms with van der Waals surface area (Å²) in [6.07, 6.45) is 2.61. The van der Waals surface area contributed by atoms with Crippen LogP contribution in [0.3, 0.4) is 0 Å².